The van der Waals surface area contributed by atoms with Crippen molar-refractivity contribution in [3.8, 4) is 11.5 Å². The van der Waals surface area contributed by atoms with Gasteiger partial charge in [-0.2, -0.15) is 0 Å². The molecule has 0 atom stereocenters. The van der Waals surface area contributed by atoms with Gasteiger partial charge in [-0.15, -0.1) is 12.4 Å². The van der Waals surface area contributed by atoms with E-state index in [9.17, 15) is 8.42 Å². The number of halogens is 1. The van der Waals surface area contributed by atoms with Gasteiger partial charge in [0.15, 0.2) is 11.5 Å². The summed E-state index contributed by atoms with van der Waals surface area (Å²) in [6.07, 6.45) is 0. The van der Waals surface area contributed by atoms with E-state index in [0.717, 1.165) is 0 Å². The van der Waals surface area contributed by atoms with Gasteiger partial charge in [-0.05, 0) is 12.1 Å². The lowest BCUT2D eigenvalue weighted by Gasteiger charge is -2.11. The number of sulfonamides is 1. The van der Waals surface area contributed by atoms with Crippen LogP contribution in [0.5, 0.6) is 11.5 Å². The topological polar surface area (TPSA) is 85.9 Å². The second-order valence-corrected chi connectivity index (χ2v) is 5.92. The highest BCUT2D eigenvalue weighted by atomic mass is 35.5. The Kier molecular flexibility index (Phi) is 10.1. The standard InChI is InChI=1S/C13H22N2O5S.ClH/c1-18-9-8-14-6-7-15-21(16,17)11-4-5-12(19-2)13(10-11)20-3;/h4-5,10,14-15H,6-9H2,1-3H3;1H. The molecule has 2 N–H and O–H groups in total. The first-order valence-corrected chi connectivity index (χ1v) is 7.95. The van der Waals surface area contributed by atoms with E-state index in [1.807, 2.05) is 0 Å². The van der Waals surface area contributed by atoms with Crippen molar-refractivity contribution in [2.75, 3.05) is 47.6 Å². The Balaban J connectivity index is 0.00000441. The van der Waals surface area contributed by atoms with Gasteiger partial charge in [0.25, 0.3) is 0 Å². The molecule has 0 aliphatic carbocycles. The van der Waals surface area contributed by atoms with Crippen LogP contribution in [0.15, 0.2) is 23.1 Å². The molecule has 0 aromatic heterocycles. The van der Waals surface area contributed by atoms with Crippen LogP contribution in [-0.2, 0) is 14.8 Å². The molecule has 0 bridgehead atoms. The number of ether oxygens (including phenoxy) is 3. The molecule has 0 heterocycles. The van der Waals surface area contributed by atoms with Crippen LogP contribution in [-0.4, -0.2) is 56.0 Å². The summed E-state index contributed by atoms with van der Waals surface area (Å²) in [7, 11) is 1.00. The molecule has 22 heavy (non-hydrogen) atoms. The van der Waals surface area contributed by atoms with Crippen molar-refractivity contribution in [3.05, 3.63) is 18.2 Å². The third kappa shape index (κ3) is 6.37. The predicted octanol–water partition coefficient (Wildman–Crippen LogP) is 0.640. The van der Waals surface area contributed by atoms with E-state index in [4.69, 9.17) is 14.2 Å². The Labute approximate surface area is 137 Å². The van der Waals surface area contributed by atoms with E-state index < -0.39 is 10.0 Å². The molecule has 0 spiro atoms. The lowest BCUT2D eigenvalue weighted by molar-refractivity contribution is 0.199. The highest BCUT2D eigenvalue weighted by molar-refractivity contribution is 7.89. The van der Waals surface area contributed by atoms with Crippen molar-refractivity contribution in [2.45, 2.75) is 4.90 Å². The second-order valence-electron chi connectivity index (χ2n) is 4.16. The van der Waals surface area contributed by atoms with Gasteiger partial charge in [-0.25, -0.2) is 13.1 Å². The number of benzene rings is 1. The van der Waals surface area contributed by atoms with Crippen LogP contribution in [0.2, 0.25) is 0 Å². The van der Waals surface area contributed by atoms with Gasteiger partial charge in [0.2, 0.25) is 10.0 Å². The molecule has 7 nitrogen and oxygen atoms in total. The fourth-order valence-electron chi connectivity index (χ4n) is 1.64. The van der Waals surface area contributed by atoms with E-state index in [2.05, 4.69) is 10.0 Å². The molecule has 0 fully saturated rings. The molecule has 1 aromatic carbocycles. The molecule has 0 aliphatic heterocycles. The average molecular weight is 355 g/mol. The monoisotopic (exact) mass is 354 g/mol. The molecule has 0 amide bonds. The minimum Gasteiger partial charge on any atom is -0.493 e. The van der Waals surface area contributed by atoms with Gasteiger partial charge < -0.3 is 19.5 Å². The summed E-state index contributed by atoms with van der Waals surface area (Å²) in [5, 5.41) is 3.05. The summed E-state index contributed by atoms with van der Waals surface area (Å²) in [6.45, 7) is 2.08. The lowest BCUT2D eigenvalue weighted by atomic mass is 10.3. The smallest absolute Gasteiger partial charge is 0.240 e. The number of methoxy groups -OCH3 is 3. The van der Waals surface area contributed by atoms with Crippen molar-refractivity contribution < 1.29 is 22.6 Å². The summed E-state index contributed by atoms with van der Waals surface area (Å²) in [5.41, 5.74) is 0. The van der Waals surface area contributed by atoms with Crippen LogP contribution in [0.4, 0.5) is 0 Å². The number of nitrogens with one attached hydrogen (secondary N) is 2. The van der Waals surface area contributed by atoms with Gasteiger partial charge in [0.05, 0.1) is 25.7 Å². The maximum atomic E-state index is 12.1. The Morgan fingerprint density at radius 1 is 1.00 bits per heavy atom. The van der Waals surface area contributed by atoms with Crippen LogP contribution in [0, 0.1) is 0 Å². The van der Waals surface area contributed by atoms with Crippen LogP contribution in [0.1, 0.15) is 0 Å². The van der Waals surface area contributed by atoms with Gasteiger partial charge >= 0.3 is 0 Å². The van der Waals surface area contributed by atoms with Gasteiger partial charge in [0, 0.05) is 32.8 Å². The minimum absolute atomic E-state index is 0. The molecule has 1 rings (SSSR count). The zero-order valence-electron chi connectivity index (χ0n) is 12.9. The molecule has 128 valence electrons. The van der Waals surface area contributed by atoms with Crippen molar-refractivity contribution in [1.82, 2.24) is 10.0 Å². The van der Waals surface area contributed by atoms with Crippen molar-refractivity contribution in [1.29, 1.82) is 0 Å². The van der Waals surface area contributed by atoms with Crippen molar-refractivity contribution in [3.63, 3.8) is 0 Å². The van der Waals surface area contributed by atoms with Crippen LogP contribution in [0.3, 0.4) is 0 Å². The minimum atomic E-state index is -3.57. The molecule has 0 saturated heterocycles. The van der Waals surface area contributed by atoms with E-state index in [0.29, 0.717) is 37.7 Å². The maximum absolute atomic E-state index is 12.1. The zero-order chi connectivity index (χ0) is 15.7. The van der Waals surface area contributed by atoms with Gasteiger partial charge in [0.1, 0.15) is 0 Å². The number of rotatable bonds is 10. The summed E-state index contributed by atoms with van der Waals surface area (Å²) < 4.78 is 41.8. The number of hydrogen-bond acceptors (Lipinski definition) is 6. The normalized spacial score (nSPS) is 10.9. The first-order chi connectivity index (χ1) is 10.0. The van der Waals surface area contributed by atoms with Crippen LogP contribution in [0.25, 0.3) is 0 Å². The number of hydrogen-bond donors (Lipinski definition) is 2. The summed E-state index contributed by atoms with van der Waals surface area (Å²) >= 11 is 0. The fourth-order valence-corrected chi connectivity index (χ4v) is 2.69. The Hall–Kier alpha value is -1.06. The quantitative estimate of drug-likeness (QED) is 0.600. The van der Waals surface area contributed by atoms with Crippen molar-refractivity contribution in [2.24, 2.45) is 0 Å². The molecular formula is C13H23ClN2O5S. The molecular weight excluding hydrogens is 332 g/mol. The van der Waals surface area contributed by atoms with Crippen LogP contribution < -0.4 is 19.5 Å². The summed E-state index contributed by atoms with van der Waals surface area (Å²) in [6, 6.07) is 4.46. The van der Waals surface area contributed by atoms with Gasteiger partial charge in [-0.3, -0.25) is 0 Å². The first-order valence-electron chi connectivity index (χ1n) is 6.46. The molecule has 1 aromatic rings. The highest BCUT2D eigenvalue weighted by Gasteiger charge is 2.16. The third-order valence-corrected chi connectivity index (χ3v) is 4.20. The lowest BCUT2D eigenvalue weighted by Crippen LogP contribution is -2.33. The largest absolute Gasteiger partial charge is 0.493 e. The molecule has 0 unspecified atom stereocenters. The SMILES string of the molecule is COCCNCCNS(=O)(=O)c1ccc(OC)c(OC)c1.Cl. The Bertz CT molecular complexity index is 539. The van der Waals surface area contributed by atoms with E-state index in [1.165, 1.54) is 26.4 Å². The summed E-state index contributed by atoms with van der Waals surface area (Å²) in [5.74, 6) is 0.858. The molecule has 0 saturated carbocycles. The Morgan fingerprint density at radius 3 is 2.27 bits per heavy atom. The predicted molar refractivity (Wildman–Crippen MR) is 86.7 cm³/mol. The second kappa shape index (κ2) is 10.6. The van der Waals surface area contributed by atoms with Gasteiger partial charge in [-0.1, -0.05) is 0 Å². The Morgan fingerprint density at radius 2 is 1.68 bits per heavy atom. The summed E-state index contributed by atoms with van der Waals surface area (Å²) in [4.78, 5) is 0.136. The molecule has 0 radical (unpaired) electrons. The maximum Gasteiger partial charge on any atom is 0.240 e. The molecule has 0 aliphatic rings. The van der Waals surface area contributed by atoms with Crippen LogP contribution >= 0.6 is 12.4 Å². The highest BCUT2D eigenvalue weighted by Crippen LogP contribution is 2.29. The van der Waals surface area contributed by atoms with E-state index in [1.54, 1.807) is 13.2 Å². The van der Waals surface area contributed by atoms with E-state index in [-0.39, 0.29) is 17.3 Å². The fraction of sp³-hybridized carbons (Fsp3) is 0.538. The third-order valence-electron chi connectivity index (χ3n) is 2.74. The van der Waals surface area contributed by atoms with E-state index >= 15 is 0 Å². The zero-order valence-corrected chi connectivity index (χ0v) is 14.6. The average Bonchev–Trinajstić information content (AvgIpc) is 2.49. The molecule has 9 heteroatoms. The first kappa shape index (κ1) is 20.9. The van der Waals surface area contributed by atoms with Crippen molar-refractivity contribution >= 4 is 22.4 Å².